The lowest BCUT2D eigenvalue weighted by molar-refractivity contribution is 0.0716. The Morgan fingerprint density at radius 2 is 1.21 bits per heavy atom. The smallest absolute Gasteiger partial charge is 0.0468 e. The van der Waals surface area contributed by atoms with Crippen LogP contribution in [-0.4, -0.2) is 13.2 Å². The van der Waals surface area contributed by atoms with Crippen molar-refractivity contribution in [3.05, 3.63) is 0 Å². The average molecular weight is 200 g/mol. The molecule has 0 N–H and O–H groups in total. The Kier molecular flexibility index (Phi) is 9.49. The van der Waals surface area contributed by atoms with Crippen molar-refractivity contribution >= 4 is 0 Å². The summed E-state index contributed by atoms with van der Waals surface area (Å²) in [5, 5.41) is 0. The Morgan fingerprint density at radius 3 is 1.36 bits per heavy atom. The van der Waals surface area contributed by atoms with E-state index in [0.29, 0.717) is 0 Å². The molecule has 0 bridgehead atoms. The van der Waals surface area contributed by atoms with E-state index in [1.807, 2.05) is 13.8 Å². The minimum absolute atomic E-state index is 0.911. The largest absolute Gasteiger partial charge is 0.381 e. The molecule has 0 radical (unpaired) electrons. The molecule has 2 fully saturated rings. The first-order chi connectivity index (χ1) is 6.79. The summed E-state index contributed by atoms with van der Waals surface area (Å²) >= 11 is 0. The van der Waals surface area contributed by atoms with Crippen molar-refractivity contribution in [2.24, 2.45) is 11.8 Å². The van der Waals surface area contributed by atoms with Gasteiger partial charge in [0.1, 0.15) is 0 Å². The van der Waals surface area contributed by atoms with E-state index >= 15 is 0 Å². The van der Waals surface area contributed by atoms with Gasteiger partial charge in [-0.15, -0.1) is 0 Å². The second-order valence-corrected chi connectivity index (χ2v) is 4.33. The van der Waals surface area contributed by atoms with Crippen molar-refractivity contribution < 1.29 is 4.74 Å². The van der Waals surface area contributed by atoms with Gasteiger partial charge in [-0.05, 0) is 24.7 Å². The van der Waals surface area contributed by atoms with Gasteiger partial charge in [0.05, 0.1) is 0 Å². The molecule has 1 heteroatoms. The van der Waals surface area contributed by atoms with Crippen molar-refractivity contribution in [3.63, 3.8) is 0 Å². The van der Waals surface area contributed by atoms with Gasteiger partial charge >= 0.3 is 0 Å². The zero-order valence-corrected chi connectivity index (χ0v) is 10.5. The summed E-state index contributed by atoms with van der Waals surface area (Å²) in [7, 11) is 0. The summed E-state index contributed by atoms with van der Waals surface area (Å²) < 4.78 is 5.14. The van der Waals surface area contributed by atoms with Crippen LogP contribution in [0.5, 0.6) is 0 Å². The van der Waals surface area contributed by atoms with E-state index < -0.39 is 0 Å². The highest BCUT2D eigenvalue weighted by Gasteiger charge is 2.09. The van der Waals surface area contributed by atoms with E-state index in [1.165, 1.54) is 32.1 Å². The molecule has 1 aliphatic heterocycles. The summed E-state index contributed by atoms with van der Waals surface area (Å²) in [6.07, 6.45) is 6.99. The van der Waals surface area contributed by atoms with Gasteiger partial charge in [0, 0.05) is 13.2 Å². The molecule has 0 amide bonds. The third-order valence-corrected chi connectivity index (χ3v) is 2.90. The summed E-state index contributed by atoms with van der Waals surface area (Å²) in [5.74, 6) is 1.98. The lowest BCUT2D eigenvalue weighted by Crippen LogP contribution is -2.12. The van der Waals surface area contributed by atoms with Gasteiger partial charge in [-0.3, -0.25) is 0 Å². The van der Waals surface area contributed by atoms with E-state index in [4.69, 9.17) is 4.74 Å². The fourth-order valence-electron chi connectivity index (χ4n) is 1.43. The van der Waals surface area contributed by atoms with Crippen molar-refractivity contribution in [2.75, 3.05) is 13.2 Å². The van der Waals surface area contributed by atoms with Crippen molar-refractivity contribution in [1.29, 1.82) is 0 Å². The molecule has 2 rings (SSSR count). The van der Waals surface area contributed by atoms with Crippen LogP contribution in [0.3, 0.4) is 0 Å². The zero-order chi connectivity index (χ0) is 10.8. The predicted molar refractivity (Wildman–Crippen MR) is 63.6 cm³/mol. The Balaban J connectivity index is 0.000000213. The molecule has 1 heterocycles. The Bertz CT molecular complexity index is 102. The van der Waals surface area contributed by atoms with Crippen LogP contribution in [-0.2, 0) is 4.74 Å². The van der Waals surface area contributed by atoms with Gasteiger partial charge in [0.2, 0.25) is 0 Å². The topological polar surface area (TPSA) is 9.23 Å². The van der Waals surface area contributed by atoms with Crippen LogP contribution in [0.1, 0.15) is 59.8 Å². The normalized spacial score (nSPS) is 22.3. The van der Waals surface area contributed by atoms with E-state index in [0.717, 1.165) is 25.0 Å². The molecule has 0 aromatic heterocycles. The molecule has 1 aliphatic carbocycles. The highest BCUT2D eigenvalue weighted by atomic mass is 16.5. The molecule has 0 atom stereocenters. The molecule has 1 nitrogen and oxygen atoms in total. The molecule has 0 aromatic rings. The molecule has 1 saturated heterocycles. The highest BCUT2D eigenvalue weighted by molar-refractivity contribution is 4.62. The monoisotopic (exact) mass is 200 g/mol. The SMILES string of the molecule is CC.CC1CCC1.CC1CCOCC1. The van der Waals surface area contributed by atoms with Crippen LogP contribution >= 0.6 is 0 Å². The van der Waals surface area contributed by atoms with Gasteiger partial charge < -0.3 is 4.74 Å². The maximum Gasteiger partial charge on any atom is 0.0468 e. The van der Waals surface area contributed by atoms with E-state index in [9.17, 15) is 0 Å². The van der Waals surface area contributed by atoms with Gasteiger partial charge in [0.15, 0.2) is 0 Å². The minimum Gasteiger partial charge on any atom is -0.381 e. The average Bonchev–Trinajstić information content (AvgIpc) is 2.20. The predicted octanol–water partition coefficient (Wildman–Crippen LogP) is 4.27. The minimum atomic E-state index is 0.911. The third kappa shape index (κ3) is 7.37. The van der Waals surface area contributed by atoms with E-state index in [2.05, 4.69) is 13.8 Å². The van der Waals surface area contributed by atoms with Gasteiger partial charge in [-0.1, -0.05) is 47.0 Å². The molecule has 2 aliphatic rings. The Morgan fingerprint density at radius 1 is 0.786 bits per heavy atom. The molecule has 0 unspecified atom stereocenters. The molecule has 1 saturated carbocycles. The first kappa shape index (κ1) is 14.0. The quantitative estimate of drug-likeness (QED) is 0.567. The Hall–Kier alpha value is -0.0400. The van der Waals surface area contributed by atoms with Gasteiger partial charge in [-0.2, -0.15) is 0 Å². The molecule has 14 heavy (non-hydrogen) atoms. The molecule has 86 valence electrons. The van der Waals surface area contributed by atoms with Crippen molar-refractivity contribution in [3.8, 4) is 0 Å². The number of ether oxygens (including phenoxy) is 1. The first-order valence-corrected chi connectivity index (χ1v) is 6.37. The van der Waals surface area contributed by atoms with Crippen LogP contribution in [0.25, 0.3) is 0 Å². The van der Waals surface area contributed by atoms with Gasteiger partial charge in [0.25, 0.3) is 0 Å². The summed E-state index contributed by atoms with van der Waals surface area (Å²) in [6, 6.07) is 0. The van der Waals surface area contributed by atoms with Crippen LogP contribution in [0, 0.1) is 11.8 Å². The lowest BCUT2D eigenvalue weighted by Gasteiger charge is -2.18. The molecular weight excluding hydrogens is 172 g/mol. The summed E-state index contributed by atoms with van der Waals surface area (Å²) in [5.41, 5.74) is 0. The van der Waals surface area contributed by atoms with Crippen LogP contribution in [0.15, 0.2) is 0 Å². The van der Waals surface area contributed by atoms with Crippen molar-refractivity contribution in [1.82, 2.24) is 0 Å². The summed E-state index contributed by atoms with van der Waals surface area (Å²) in [6.45, 7) is 10.6. The molecule has 0 aromatic carbocycles. The number of hydrogen-bond acceptors (Lipinski definition) is 1. The second kappa shape index (κ2) is 9.51. The van der Waals surface area contributed by atoms with Gasteiger partial charge in [-0.25, -0.2) is 0 Å². The maximum absolute atomic E-state index is 5.14. The van der Waals surface area contributed by atoms with Crippen LogP contribution < -0.4 is 0 Å². The van der Waals surface area contributed by atoms with E-state index in [1.54, 1.807) is 0 Å². The number of hydrogen-bond donors (Lipinski definition) is 0. The van der Waals surface area contributed by atoms with Crippen LogP contribution in [0.4, 0.5) is 0 Å². The van der Waals surface area contributed by atoms with Crippen molar-refractivity contribution in [2.45, 2.75) is 59.8 Å². The summed E-state index contributed by atoms with van der Waals surface area (Å²) in [4.78, 5) is 0. The fourth-order valence-corrected chi connectivity index (χ4v) is 1.43. The van der Waals surface area contributed by atoms with E-state index in [-0.39, 0.29) is 0 Å². The zero-order valence-electron chi connectivity index (χ0n) is 10.5. The first-order valence-electron chi connectivity index (χ1n) is 6.37. The second-order valence-electron chi connectivity index (χ2n) is 4.33. The standard InChI is InChI=1S/C6H12O.C5H10.C2H6/c1-6-2-4-7-5-3-6;1-5-3-2-4-5;1-2/h6H,2-5H2,1H3;5H,2-4H2,1H3;1-2H3. The number of rotatable bonds is 0. The molecular formula is C13H28O. The molecule has 0 spiro atoms. The Labute approximate surface area is 90.2 Å². The maximum atomic E-state index is 5.14. The lowest BCUT2D eigenvalue weighted by atomic mass is 9.88. The van der Waals surface area contributed by atoms with Crippen LogP contribution in [0.2, 0.25) is 0 Å². The third-order valence-electron chi connectivity index (χ3n) is 2.90. The highest BCUT2D eigenvalue weighted by Crippen LogP contribution is 2.24. The fraction of sp³-hybridized carbons (Fsp3) is 1.00.